The fourth-order valence-electron chi connectivity index (χ4n) is 3.66. The standard InChI is InChI=1S/C15H30N2O/c1-13(12-18-2)16-8-10-17-9-7-14-5-3-4-6-15(14)11-17/h13-16H,3-12H2,1-2H3. The number of piperidine rings is 1. The number of nitrogens with zero attached hydrogens (tertiary/aromatic N) is 1. The highest BCUT2D eigenvalue weighted by Crippen LogP contribution is 2.35. The zero-order valence-electron chi connectivity index (χ0n) is 12.2. The molecule has 2 fully saturated rings. The lowest BCUT2D eigenvalue weighted by atomic mass is 9.75. The maximum atomic E-state index is 5.14. The van der Waals surface area contributed by atoms with Gasteiger partial charge < -0.3 is 15.0 Å². The number of hydrogen-bond donors (Lipinski definition) is 1. The van der Waals surface area contributed by atoms with Gasteiger partial charge in [0.05, 0.1) is 6.61 Å². The molecule has 0 aromatic carbocycles. The van der Waals surface area contributed by atoms with E-state index in [0.717, 1.165) is 25.0 Å². The van der Waals surface area contributed by atoms with E-state index in [2.05, 4.69) is 17.1 Å². The number of likely N-dealkylation sites (tertiary alicyclic amines) is 1. The topological polar surface area (TPSA) is 24.5 Å². The van der Waals surface area contributed by atoms with Gasteiger partial charge in [0, 0.05) is 32.8 Å². The lowest BCUT2D eigenvalue weighted by Gasteiger charge is -2.41. The minimum atomic E-state index is 0.474. The van der Waals surface area contributed by atoms with Crippen LogP contribution in [0.2, 0.25) is 0 Å². The first-order chi connectivity index (χ1) is 8.79. The van der Waals surface area contributed by atoms with Crippen molar-refractivity contribution < 1.29 is 4.74 Å². The van der Waals surface area contributed by atoms with Crippen LogP contribution in [0, 0.1) is 11.8 Å². The lowest BCUT2D eigenvalue weighted by Crippen LogP contribution is -2.45. The smallest absolute Gasteiger partial charge is 0.0613 e. The summed E-state index contributed by atoms with van der Waals surface area (Å²) >= 11 is 0. The third-order valence-corrected chi connectivity index (χ3v) is 4.71. The molecule has 1 N–H and O–H groups in total. The Morgan fingerprint density at radius 3 is 2.78 bits per heavy atom. The maximum absolute atomic E-state index is 5.14. The predicted molar refractivity (Wildman–Crippen MR) is 75.8 cm³/mol. The Morgan fingerprint density at radius 1 is 1.22 bits per heavy atom. The van der Waals surface area contributed by atoms with Crippen molar-refractivity contribution in [3.8, 4) is 0 Å². The van der Waals surface area contributed by atoms with Gasteiger partial charge in [-0.05, 0) is 38.1 Å². The zero-order chi connectivity index (χ0) is 12.8. The summed E-state index contributed by atoms with van der Waals surface area (Å²) in [6.45, 7) is 7.98. The largest absolute Gasteiger partial charge is 0.383 e. The summed E-state index contributed by atoms with van der Waals surface area (Å²) in [5, 5.41) is 3.54. The van der Waals surface area contributed by atoms with Gasteiger partial charge in [0.1, 0.15) is 0 Å². The summed E-state index contributed by atoms with van der Waals surface area (Å²) in [6.07, 6.45) is 7.38. The van der Waals surface area contributed by atoms with Crippen LogP contribution in [0.3, 0.4) is 0 Å². The first-order valence-electron chi connectivity index (χ1n) is 7.74. The molecule has 106 valence electrons. The fourth-order valence-corrected chi connectivity index (χ4v) is 3.66. The Kier molecular flexibility index (Phi) is 5.93. The van der Waals surface area contributed by atoms with Gasteiger partial charge in [0.25, 0.3) is 0 Å². The van der Waals surface area contributed by atoms with Gasteiger partial charge >= 0.3 is 0 Å². The Bertz CT molecular complexity index is 235. The number of ether oxygens (including phenoxy) is 1. The molecule has 1 saturated heterocycles. The van der Waals surface area contributed by atoms with E-state index in [1.165, 1.54) is 51.7 Å². The quantitative estimate of drug-likeness (QED) is 0.786. The van der Waals surface area contributed by atoms with E-state index < -0.39 is 0 Å². The second-order valence-electron chi connectivity index (χ2n) is 6.20. The van der Waals surface area contributed by atoms with Gasteiger partial charge in [-0.3, -0.25) is 0 Å². The van der Waals surface area contributed by atoms with Crippen LogP contribution in [0.5, 0.6) is 0 Å². The molecular formula is C15H30N2O. The molecular weight excluding hydrogens is 224 g/mol. The zero-order valence-corrected chi connectivity index (χ0v) is 12.2. The maximum Gasteiger partial charge on any atom is 0.0613 e. The number of fused-ring (bicyclic) bond motifs is 1. The molecule has 0 radical (unpaired) electrons. The van der Waals surface area contributed by atoms with Crippen molar-refractivity contribution >= 4 is 0 Å². The minimum absolute atomic E-state index is 0.474. The monoisotopic (exact) mass is 254 g/mol. The molecule has 3 nitrogen and oxygen atoms in total. The molecule has 1 aliphatic carbocycles. The van der Waals surface area contributed by atoms with E-state index in [-0.39, 0.29) is 0 Å². The van der Waals surface area contributed by atoms with Crippen LogP contribution in [-0.2, 0) is 4.74 Å². The van der Waals surface area contributed by atoms with Crippen LogP contribution in [0.25, 0.3) is 0 Å². The van der Waals surface area contributed by atoms with E-state index in [1.807, 2.05) is 0 Å². The number of hydrogen-bond acceptors (Lipinski definition) is 3. The van der Waals surface area contributed by atoms with Crippen LogP contribution in [0.1, 0.15) is 39.0 Å². The average molecular weight is 254 g/mol. The fraction of sp³-hybridized carbons (Fsp3) is 1.00. The molecule has 1 heterocycles. The van der Waals surface area contributed by atoms with E-state index in [4.69, 9.17) is 4.74 Å². The van der Waals surface area contributed by atoms with Crippen molar-refractivity contribution in [2.24, 2.45) is 11.8 Å². The Balaban J connectivity index is 1.62. The molecule has 0 bridgehead atoms. The summed E-state index contributed by atoms with van der Waals surface area (Å²) < 4.78 is 5.14. The molecule has 2 rings (SSSR count). The molecule has 0 spiro atoms. The van der Waals surface area contributed by atoms with Gasteiger partial charge in [0.2, 0.25) is 0 Å². The normalized spacial score (nSPS) is 31.0. The molecule has 2 aliphatic rings. The molecule has 0 amide bonds. The second-order valence-corrected chi connectivity index (χ2v) is 6.20. The van der Waals surface area contributed by atoms with Crippen molar-refractivity contribution in [3.63, 3.8) is 0 Å². The van der Waals surface area contributed by atoms with Gasteiger partial charge in [-0.2, -0.15) is 0 Å². The molecule has 0 aromatic rings. The summed E-state index contributed by atoms with van der Waals surface area (Å²) in [6, 6.07) is 0.474. The van der Waals surface area contributed by atoms with Gasteiger partial charge in [-0.15, -0.1) is 0 Å². The molecule has 1 aliphatic heterocycles. The van der Waals surface area contributed by atoms with Gasteiger partial charge in [0.15, 0.2) is 0 Å². The summed E-state index contributed by atoms with van der Waals surface area (Å²) in [4.78, 5) is 2.67. The first-order valence-corrected chi connectivity index (χ1v) is 7.74. The van der Waals surface area contributed by atoms with Crippen LogP contribution >= 0.6 is 0 Å². The van der Waals surface area contributed by atoms with Crippen LogP contribution in [0.4, 0.5) is 0 Å². The molecule has 3 heteroatoms. The first kappa shape index (κ1) is 14.3. The van der Waals surface area contributed by atoms with E-state index in [9.17, 15) is 0 Å². The van der Waals surface area contributed by atoms with Crippen LogP contribution in [0.15, 0.2) is 0 Å². The summed E-state index contributed by atoms with van der Waals surface area (Å²) in [7, 11) is 1.77. The van der Waals surface area contributed by atoms with Crippen molar-refractivity contribution in [2.75, 3.05) is 39.9 Å². The number of methoxy groups -OCH3 is 1. The van der Waals surface area contributed by atoms with Gasteiger partial charge in [-0.1, -0.05) is 19.3 Å². The molecule has 18 heavy (non-hydrogen) atoms. The SMILES string of the molecule is COCC(C)NCCN1CCC2CCCCC2C1. The second kappa shape index (κ2) is 7.46. The predicted octanol–water partition coefficient (Wildman–Crippen LogP) is 2.12. The van der Waals surface area contributed by atoms with Crippen molar-refractivity contribution in [2.45, 2.75) is 45.1 Å². The molecule has 3 unspecified atom stereocenters. The number of nitrogens with one attached hydrogen (secondary N) is 1. The van der Waals surface area contributed by atoms with E-state index >= 15 is 0 Å². The Morgan fingerprint density at radius 2 is 2.00 bits per heavy atom. The van der Waals surface area contributed by atoms with Crippen molar-refractivity contribution in [3.05, 3.63) is 0 Å². The average Bonchev–Trinajstić information content (AvgIpc) is 2.39. The van der Waals surface area contributed by atoms with Crippen molar-refractivity contribution in [1.82, 2.24) is 10.2 Å². The summed E-state index contributed by atoms with van der Waals surface area (Å²) in [5.41, 5.74) is 0. The van der Waals surface area contributed by atoms with E-state index in [1.54, 1.807) is 7.11 Å². The highest BCUT2D eigenvalue weighted by Gasteiger charge is 2.30. The number of rotatable bonds is 6. The Hall–Kier alpha value is -0.120. The highest BCUT2D eigenvalue weighted by atomic mass is 16.5. The highest BCUT2D eigenvalue weighted by molar-refractivity contribution is 4.83. The summed E-state index contributed by atoms with van der Waals surface area (Å²) in [5.74, 6) is 2.05. The third-order valence-electron chi connectivity index (χ3n) is 4.71. The third kappa shape index (κ3) is 4.22. The molecule has 0 aromatic heterocycles. The van der Waals surface area contributed by atoms with E-state index in [0.29, 0.717) is 6.04 Å². The van der Waals surface area contributed by atoms with Gasteiger partial charge in [-0.25, -0.2) is 0 Å². The van der Waals surface area contributed by atoms with Crippen LogP contribution < -0.4 is 5.32 Å². The lowest BCUT2D eigenvalue weighted by molar-refractivity contribution is 0.0859. The van der Waals surface area contributed by atoms with Crippen molar-refractivity contribution in [1.29, 1.82) is 0 Å². The molecule has 3 atom stereocenters. The minimum Gasteiger partial charge on any atom is -0.383 e. The molecule has 1 saturated carbocycles. The van der Waals surface area contributed by atoms with Crippen LogP contribution in [-0.4, -0.2) is 50.8 Å². The Labute approximate surface area is 112 Å².